The number of nitrogens with one attached hydrogen (secondary N) is 1. The summed E-state index contributed by atoms with van der Waals surface area (Å²) in [5, 5.41) is 13.8. The van der Waals surface area contributed by atoms with E-state index in [9.17, 15) is 5.11 Å². The van der Waals surface area contributed by atoms with E-state index in [4.69, 9.17) is 0 Å². The zero-order valence-corrected chi connectivity index (χ0v) is 17.7. The summed E-state index contributed by atoms with van der Waals surface area (Å²) in [4.78, 5) is 0.351. The molecule has 2 N–H and O–H groups in total. The molecular weight excluding hydrogens is 410 g/mol. The van der Waals surface area contributed by atoms with Gasteiger partial charge in [-0.2, -0.15) is 0 Å². The molecule has 1 saturated carbocycles. The highest BCUT2D eigenvalue weighted by atomic mass is 79.9. The van der Waals surface area contributed by atoms with E-state index in [1.807, 2.05) is 0 Å². The minimum absolute atomic E-state index is 0.257. The molecule has 1 fully saturated rings. The van der Waals surface area contributed by atoms with Crippen molar-refractivity contribution in [3.8, 4) is 0 Å². The van der Waals surface area contributed by atoms with E-state index in [1.54, 1.807) is 0 Å². The van der Waals surface area contributed by atoms with Crippen LogP contribution in [0.25, 0.3) is 0 Å². The molecule has 28 heavy (non-hydrogen) atoms. The molecule has 2 nitrogen and oxygen atoms in total. The van der Waals surface area contributed by atoms with Crippen LogP contribution < -0.4 is 5.32 Å². The average molecular weight is 438 g/mol. The van der Waals surface area contributed by atoms with Gasteiger partial charge >= 0.3 is 0 Å². The van der Waals surface area contributed by atoms with E-state index in [0.717, 1.165) is 25.7 Å². The molecule has 2 aromatic rings. The molecule has 2 aromatic carbocycles. The number of halogens is 1. The lowest BCUT2D eigenvalue weighted by atomic mass is 9.74. The molecule has 0 bridgehead atoms. The van der Waals surface area contributed by atoms with Crippen molar-refractivity contribution < 1.29 is 5.11 Å². The van der Waals surface area contributed by atoms with Crippen LogP contribution in [0.15, 0.2) is 84.5 Å². The third-order valence-electron chi connectivity index (χ3n) is 6.08. The van der Waals surface area contributed by atoms with Crippen LogP contribution >= 0.6 is 15.9 Å². The van der Waals surface area contributed by atoms with Gasteiger partial charge in [-0.15, -0.1) is 0 Å². The van der Waals surface area contributed by atoms with Gasteiger partial charge in [-0.3, -0.25) is 5.32 Å². The Morgan fingerprint density at radius 2 is 1.57 bits per heavy atom. The van der Waals surface area contributed by atoms with Gasteiger partial charge < -0.3 is 5.11 Å². The number of alkyl halides is 1. The van der Waals surface area contributed by atoms with Gasteiger partial charge in [0, 0.05) is 17.5 Å². The first-order valence-corrected chi connectivity index (χ1v) is 11.2. The van der Waals surface area contributed by atoms with Gasteiger partial charge in [0.2, 0.25) is 0 Å². The Morgan fingerprint density at radius 1 is 0.929 bits per heavy atom. The number of rotatable bonds is 6. The molecule has 2 aliphatic rings. The molecule has 0 heterocycles. The van der Waals surface area contributed by atoms with Crippen LogP contribution in [0.5, 0.6) is 0 Å². The minimum Gasteiger partial charge on any atom is -0.396 e. The first-order valence-electron chi connectivity index (χ1n) is 10.2. The second-order valence-electron chi connectivity index (χ2n) is 7.91. The highest BCUT2D eigenvalue weighted by molar-refractivity contribution is 9.09. The van der Waals surface area contributed by atoms with Crippen LogP contribution in [-0.2, 0) is 5.54 Å². The van der Waals surface area contributed by atoms with Crippen LogP contribution in [0, 0.1) is 5.92 Å². The molecule has 1 unspecified atom stereocenters. The van der Waals surface area contributed by atoms with Crippen molar-refractivity contribution in [2.45, 2.75) is 42.1 Å². The Kier molecular flexibility index (Phi) is 6.15. The third kappa shape index (κ3) is 3.76. The first-order chi connectivity index (χ1) is 13.7. The van der Waals surface area contributed by atoms with Crippen LogP contribution in [0.3, 0.4) is 0 Å². The van der Waals surface area contributed by atoms with Gasteiger partial charge in [0.25, 0.3) is 0 Å². The Morgan fingerprint density at radius 3 is 2.07 bits per heavy atom. The largest absolute Gasteiger partial charge is 0.396 e. The van der Waals surface area contributed by atoms with E-state index in [1.165, 1.54) is 16.7 Å². The van der Waals surface area contributed by atoms with Crippen molar-refractivity contribution in [3.05, 3.63) is 95.6 Å². The van der Waals surface area contributed by atoms with Crippen molar-refractivity contribution in [2.75, 3.05) is 6.61 Å². The molecule has 0 radical (unpaired) electrons. The van der Waals surface area contributed by atoms with E-state index >= 15 is 0 Å². The molecule has 4 rings (SSSR count). The first kappa shape index (κ1) is 19.6. The molecule has 146 valence electrons. The maximum absolute atomic E-state index is 9.71. The molecular formula is C25H28BrNO. The fourth-order valence-electron chi connectivity index (χ4n) is 4.68. The van der Waals surface area contributed by atoms with Crippen LogP contribution in [0.2, 0.25) is 0 Å². The summed E-state index contributed by atoms with van der Waals surface area (Å²) in [5.74, 6) is 0.349. The maximum Gasteiger partial charge on any atom is 0.0947 e. The monoisotopic (exact) mass is 437 g/mol. The quantitative estimate of drug-likeness (QED) is 0.598. The van der Waals surface area contributed by atoms with Gasteiger partial charge in [0.1, 0.15) is 0 Å². The summed E-state index contributed by atoms with van der Waals surface area (Å²) in [6, 6.07) is 21.8. The van der Waals surface area contributed by atoms with E-state index in [-0.39, 0.29) is 12.6 Å². The fraction of sp³-hybridized carbons (Fsp3) is 0.360. The minimum atomic E-state index is -0.402. The molecule has 0 aliphatic heterocycles. The number of aliphatic hydroxyl groups excluding tert-OH is 1. The summed E-state index contributed by atoms with van der Waals surface area (Å²) in [6.07, 6.45) is 11.1. The second kappa shape index (κ2) is 8.77. The standard InChI is InChI=1S/C25H28BrNO/c26-23-16-19(18-28)17-24(23)27-25(20-10-4-1-5-11-20,21-12-6-2-7-13-21)22-14-8-3-9-15-22/h1-2,4-8,10-15,19,23-24,27-28H,3,9,16-18H2/t19?,23-,24+/m0/s1. The number of allylic oxidation sites excluding steroid dienone is 2. The van der Waals surface area contributed by atoms with E-state index < -0.39 is 5.54 Å². The molecule has 0 saturated heterocycles. The second-order valence-corrected chi connectivity index (χ2v) is 9.08. The third-order valence-corrected chi connectivity index (χ3v) is 7.10. The Hall–Kier alpha value is -1.68. The highest BCUT2D eigenvalue weighted by Gasteiger charge is 2.43. The van der Waals surface area contributed by atoms with Crippen molar-refractivity contribution in [3.63, 3.8) is 0 Å². The molecule has 0 spiro atoms. The van der Waals surface area contributed by atoms with Gasteiger partial charge in [-0.1, -0.05) is 94.8 Å². The Bertz CT molecular complexity index is 791. The highest BCUT2D eigenvalue weighted by Crippen LogP contribution is 2.42. The summed E-state index contributed by atoms with van der Waals surface area (Å²) >= 11 is 3.90. The lowest BCUT2D eigenvalue weighted by Crippen LogP contribution is -2.51. The zero-order valence-electron chi connectivity index (χ0n) is 16.1. The van der Waals surface area contributed by atoms with Gasteiger partial charge in [0.05, 0.1) is 5.54 Å². The normalized spacial score (nSPS) is 24.9. The molecule has 0 aromatic heterocycles. The van der Waals surface area contributed by atoms with Crippen molar-refractivity contribution in [1.29, 1.82) is 0 Å². The lowest BCUT2D eigenvalue weighted by Gasteiger charge is -2.41. The van der Waals surface area contributed by atoms with Crippen LogP contribution in [0.4, 0.5) is 0 Å². The number of hydrogen-bond donors (Lipinski definition) is 2. The van der Waals surface area contributed by atoms with Gasteiger partial charge in [-0.25, -0.2) is 0 Å². The lowest BCUT2D eigenvalue weighted by molar-refractivity contribution is 0.226. The predicted octanol–water partition coefficient (Wildman–Crippen LogP) is 5.33. The Balaban J connectivity index is 1.86. The predicted molar refractivity (Wildman–Crippen MR) is 120 cm³/mol. The number of benzene rings is 2. The van der Waals surface area contributed by atoms with E-state index in [2.05, 4.69) is 100 Å². The van der Waals surface area contributed by atoms with Gasteiger partial charge in [0.15, 0.2) is 0 Å². The SMILES string of the molecule is OCC1C[C@H](Br)[C@H](NC(C2=CCCC=C2)(c2ccccc2)c2ccccc2)C1. The Labute approximate surface area is 176 Å². The molecule has 3 heteroatoms. The average Bonchev–Trinajstić information content (AvgIpc) is 3.13. The molecule has 3 atom stereocenters. The smallest absolute Gasteiger partial charge is 0.0947 e. The fourth-order valence-corrected chi connectivity index (χ4v) is 5.56. The topological polar surface area (TPSA) is 32.3 Å². The summed E-state index contributed by atoms with van der Waals surface area (Å²) in [6.45, 7) is 0.257. The van der Waals surface area contributed by atoms with Gasteiger partial charge in [-0.05, 0) is 48.3 Å². The number of hydrogen-bond acceptors (Lipinski definition) is 2. The number of aliphatic hydroxyl groups is 1. The summed E-state index contributed by atoms with van der Waals surface area (Å²) < 4.78 is 0. The summed E-state index contributed by atoms with van der Waals surface area (Å²) in [7, 11) is 0. The summed E-state index contributed by atoms with van der Waals surface area (Å²) in [5.41, 5.74) is 3.42. The van der Waals surface area contributed by atoms with Crippen LogP contribution in [-0.4, -0.2) is 22.6 Å². The maximum atomic E-state index is 9.71. The van der Waals surface area contributed by atoms with E-state index in [0.29, 0.717) is 10.7 Å². The van der Waals surface area contributed by atoms with Crippen molar-refractivity contribution in [2.24, 2.45) is 5.92 Å². The zero-order chi connectivity index (χ0) is 19.4. The van der Waals surface area contributed by atoms with Crippen molar-refractivity contribution in [1.82, 2.24) is 5.32 Å². The van der Waals surface area contributed by atoms with Crippen LogP contribution in [0.1, 0.15) is 36.8 Å². The molecule has 0 amide bonds. The van der Waals surface area contributed by atoms with Crippen molar-refractivity contribution >= 4 is 15.9 Å². The molecule has 2 aliphatic carbocycles.